The molecule has 0 spiro atoms. The first-order valence-electron chi connectivity index (χ1n) is 6.35. The molecular weight excluding hydrogens is 299 g/mol. The number of alkyl halides is 3. The highest BCUT2D eigenvalue weighted by molar-refractivity contribution is 5.97. The van der Waals surface area contributed by atoms with Gasteiger partial charge in [0.25, 0.3) is 0 Å². The zero-order valence-corrected chi connectivity index (χ0v) is 11.3. The van der Waals surface area contributed by atoms with E-state index in [9.17, 15) is 22.8 Å². The van der Waals surface area contributed by atoms with Gasteiger partial charge >= 0.3 is 12.1 Å². The van der Waals surface area contributed by atoms with Crippen LogP contribution < -0.4 is 0 Å². The highest BCUT2D eigenvalue weighted by Crippen LogP contribution is 2.29. The second-order valence-electron chi connectivity index (χ2n) is 4.75. The number of ketones is 1. The van der Waals surface area contributed by atoms with Gasteiger partial charge in [0.15, 0.2) is 5.78 Å². The second kappa shape index (κ2) is 6.05. The number of rotatable bonds is 5. The first-order valence-corrected chi connectivity index (χ1v) is 6.35. The maximum atomic E-state index is 12.4. The van der Waals surface area contributed by atoms with E-state index in [0.29, 0.717) is 11.4 Å². The standard InChI is InChI=1S/C15H12F3NO3/c16-15(17,18)10-3-1-9(2-4-10)13(20)7-11-5-6-12(19-11)8-14(21)22/h1-6,19H,7-8H2,(H,21,22). The summed E-state index contributed by atoms with van der Waals surface area (Å²) in [5.74, 6) is -1.35. The van der Waals surface area contributed by atoms with Crippen molar-refractivity contribution in [1.29, 1.82) is 0 Å². The number of hydrogen-bond donors (Lipinski definition) is 2. The molecule has 7 heteroatoms. The maximum Gasteiger partial charge on any atom is 0.416 e. The second-order valence-corrected chi connectivity index (χ2v) is 4.75. The summed E-state index contributed by atoms with van der Waals surface area (Å²) in [7, 11) is 0. The molecule has 1 aromatic heterocycles. The molecule has 0 saturated heterocycles. The molecule has 1 aromatic carbocycles. The zero-order valence-electron chi connectivity index (χ0n) is 11.3. The highest BCUT2D eigenvalue weighted by Gasteiger charge is 2.30. The van der Waals surface area contributed by atoms with Crippen molar-refractivity contribution in [1.82, 2.24) is 4.98 Å². The molecule has 22 heavy (non-hydrogen) atoms. The first kappa shape index (κ1) is 15.8. The van der Waals surface area contributed by atoms with Crippen LogP contribution in [0.1, 0.15) is 27.3 Å². The number of carbonyl (C=O) groups excluding carboxylic acids is 1. The maximum absolute atomic E-state index is 12.4. The van der Waals surface area contributed by atoms with Crippen LogP contribution in [0.5, 0.6) is 0 Å². The van der Waals surface area contributed by atoms with Gasteiger partial charge in [0.05, 0.1) is 18.4 Å². The topological polar surface area (TPSA) is 70.2 Å². The molecule has 0 saturated carbocycles. The summed E-state index contributed by atoms with van der Waals surface area (Å²) in [6, 6.07) is 7.12. The van der Waals surface area contributed by atoms with Crippen LogP contribution >= 0.6 is 0 Å². The lowest BCUT2D eigenvalue weighted by Gasteiger charge is -2.07. The van der Waals surface area contributed by atoms with Crippen LogP contribution in [-0.2, 0) is 23.8 Å². The number of aromatic nitrogens is 1. The Kier molecular flexibility index (Phi) is 4.35. The van der Waals surface area contributed by atoms with E-state index in [4.69, 9.17) is 5.11 Å². The van der Waals surface area contributed by atoms with Crippen LogP contribution in [0.15, 0.2) is 36.4 Å². The van der Waals surface area contributed by atoms with E-state index < -0.39 is 17.7 Å². The molecule has 2 rings (SSSR count). The molecule has 0 aliphatic carbocycles. The van der Waals surface area contributed by atoms with E-state index in [1.165, 1.54) is 0 Å². The minimum Gasteiger partial charge on any atom is -0.481 e. The number of H-pyrrole nitrogens is 1. The summed E-state index contributed by atoms with van der Waals surface area (Å²) < 4.78 is 37.3. The number of aromatic amines is 1. The van der Waals surface area contributed by atoms with Crippen molar-refractivity contribution >= 4 is 11.8 Å². The number of halogens is 3. The number of aliphatic carboxylic acids is 1. The molecule has 0 aliphatic rings. The number of benzene rings is 1. The lowest BCUT2D eigenvalue weighted by atomic mass is 10.0. The Bertz CT molecular complexity index is 687. The monoisotopic (exact) mass is 311 g/mol. The fourth-order valence-electron chi connectivity index (χ4n) is 1.98. The number of hydrogen-bond acceptors (Lipinski definition) is 2. The van der Waals surface area contributed by atoms with Crippen LogP contribution in [0.4, 0.5) is 13.2 Å². The van der Waals surface area contributed by atoms with E-state index in [2.05, 4.69) is 4.98 Å². The van der Waals surface area contributed by atoms with E-state index in [0.717, 1.165) is 24.3 Å². The largest absolute Gasteiger partial charge is 0.481 e. The molecule has 0 fully saturated rings. The van der Waals surface area contributed by atoms with Crippen molar-refractivity contribution in [2.75, 3.05) is 0 Å². The molecule has 0 radical (unpaired) electrons. The first-order chi connectivity index (χ1) is 10.3. The molecule has 2 N–H and O–H groups in total. The summed E-state index contributed by atoms with van der Waals surface area (Å²) >= 11 is 0. The van der Waals surface area contributed by atoms with Crippen molar-refractivity contribution in [3.63, 3.8) is 0 Å². The Hall–Kier alpha value is -2.57. The molecule has 0 aliphatic heterocycles. The fourth-order valence-corrected chi connectivity index (χ4v) is 1.98. The van der Waals surface area contributed by atoms with Gasteiger partial charge in [-0.25, -0.2) is 0 Å². The molecular formula is C15H12F3NO3. The number of nitrogens with one attached hydrogen (secondary N) is 1. The van der Waals surface area contributed by atoms with Crippen LogP contribution in [-0.4, -0.2) is 21.8 Å². The van der Waals surface area contributed by atoms with E-state index in [1.54, 1.807) is 12.1 Å². The molecule has 0 bridgehead atoms. The Balaban J connectivity index is 2.06. The Labute approximate surface area is 123 Å². The quantitative estimate of drug-likeness (QED) is 0.834. The predicted molar refractivity (Wildman–Crippen MR) is 71.6 cm³/mol. The Morgan fingerprint density at radius 2 is 1.50 bits per heavy atom. The third-order valence-corrected chi connectivity index (χ3v) is 3.03. The summed E-state index contributed by atoms with van der Waals surface area (Å²) in [5.41, 5.74) is 0.332. The number of Topliss-reactive ketones (excluding diaryl/α,β-unsaturated/α-hetero) is 1. The average molecular weight is 311 g/mol. The van der Waals surface area contributed by atoms with Crippen molar-refractivity contribution in [2.45, 2.75) is 19.0 Å². The summed E-state index contributed by atoms with van der Waals surface area (Å²) in [4.78, 5) is 25.3. The lowest BCUT2D eigenvalue weighted by molar-refractivity contribution is -0.138. The smallest absolute Gasteiger partial charge is 0.416 e. The van der Waals surface area contributed by atoms with Crippen LogP contribution in [0.25, 0.3) is 0 Å². The zero-order chi connectivity index (χ0) is 16.3. The molecule has 116 valence electrons. The van der Waals surface area contributed by atoms with Crippen LogP contribution in [0.3, 0.4) is 0 Å². The van der Waals surface area contributed by atoms with Crippen molar-refractivity contribution in [2.24, 2.45) is 0 Å². The molecule has 0 amide bonds. The third-order valence-electron chi connectivity index (χ3n) is 3.03. The fraction of sp³-hybridized carbons (Fsp3) is 0.200. The van der Waals surface area contributed by atoms with Gasteiger partial charge in [0, 0.05) is 17.0 Å². The number of carboxylic acid groups (broad SMARTS) is 1. The highest BCUT2D eigenvalue weighted by atomic mass is 19.4. The van der Waals surface area contributed by atoms with Crippen molar-refractivity contribution in [3.8, 4) is 0 Å². The summed E-state index contributed by atoms with van der Waals surface area (Å²) in [6.45, 7) is 0. The minimum absolute atomic E-state index is 0.0367. The third kappa shape index (κ3) is 3.97. The average Bonchev–Trinajstić information content (AvgIpc) is 2.84. The van der Waals surface area contributed by atoms with Gasteiger partial charge in [-0.3, -0.25) is 9.59 Å². The lowest BCUT2D eigenvalue weighted by Crippen LogP contribution is -2.08. The summed E-state index contributed by atoms with van der Waals surface area (Å²) in [6.07, 6.45) is -4.66. The van der Waals surface area contributed by atoms with Gasteiger partial charge in [0.1, 0.15) is 0 Å². The number of carbonyl (C=O) groups is 2. The van der Waals surface area contributed by atoms with Gasteiger partial charge < -0.3 is 10.1 Å². The van der Waals surface area contributed by atoms with E-state index >= 15 is 0 Å². The van der Waals surface area contributed by atoms with E-state index in [-0.39, 0.29) is 24.2 Å². The molecule has 0 unspecified atom stereocenters. The van der Waals surface area contributed by atoms with Gasteiger partial charge in [-0.1, -0.05) is 12.1 Å². The van der Waals surface area contributed by atoms with Crippen molar-refractivity contribution in [3.05, 3.63) is 58.9 Å². The van der Waals surface area contributed by atoms with Crippen molar-refractivity contribution < 1.29 is 27.9 Å². The SMILES string of the molecule is O=C(O)Cc1ccc(CC(=O)c2ccc(C(F)(F)F)cc2)[nH]1. The van der Waals surface area contributed by atoms with Gasteiger partial charge in [-0.15, -0.1) is 0 Å². The Morgan fingerprint density at radius 1 is 0.955 bits per heavy atom. The summed E-state index contributed by atoms with van der Waals surface area (Å²) in [5, 5.41) is 8.65. The predicted octanol–water partition coefficient (Wildman–Crippen LogP) is 3.09. The normalized spacial score (nSPS) is 11.4. The molecule has 4 nitrogen and oxygen atoms in total. The van der Waals surface area contributed by atoms with Gasteiger partial charge in [-0.2, -0.15) is 13.2 Å². The van der Waals surface area contributed by atoms with Crippen LogP contribution in [0, 0.1) is 0 Å². The Morgan fingerprint density at radius 3 is 2.00 bits per heavy atom. The molecule has 1 heterocycles. The van der Waals surface area contributed by atoms with E-state index in [1.807, 2.05) is 0 Å². The van der Waals surface area contributed by atoms with Gasteiger partial charge in [0.2, 0.25) is 0 Å². The minimum atomic E-state index is -4.44. The van der Waals surface area contributed by atoms with Crippen LogP contribution in [0.2, 0.25) is 0 Å². The number of carboxylic acids is 1. The molecule has 0 atom stereocenters. The molecule has 2 aromatic rings. The van der Waals surface area contributed by atoms with Gasteiger partial charge in [-0.05, 0) is 24.3 Å².